The van der Waals surface area contributed by atoms with Crippen LogP contribution < -0.4 is 5.32 Å². The van der Waals surface area contributed by atoms with E-state index in [-0.39, 0.29) is 0 Å². The van der Waals surface area contributed by atoms with E-state index in [9.17, 15) is 0 Å². The van der Waals surface area contributed by atoms with Crippen LogP contribution in [0.15, 0.2) is 18.2 Å². The Bertz CT molecular complexity index is 334. The van der Waals surface area contributed by atoms with Crippen molar-refractivity contribution in [3.05, 3.63) is 33.8 Å². The summed E-state index contributed by atoms with van der Waals surface area (Å²) in [6.07, 6.45) is 0.894. The number of rotatable bonds is 6. The first-order chi connectivity index (χ1) is 7.63. The molecule has 0 aliphatic carbocycles. The highest BCUT2D eigenvalue weighted by Gasteiger charge is 2.08. The quantitative estimate of drug-likeness (QED) is 0.565. The summed E-state index contributed by atoms with van der Waals surface area (Å²) in [7, 11) is 0. The third-order valence-electron chi connectivity index (χ3n) is 2.09. The van der Waals surface area contributed by atoms with Crippen LogP contribution in [-0.4, -0.2) is 23.2 Å². The fourth-order valence-corrected chi connectivity index (χ4v) is 2.67. The molecule has 1 atom stereocenters. The standard InChI is InChI=1S/C11H13Br2Cl2N/c12-3-4-16-7-9(13)5-8-1-2-10(14)6-11(8)15/h1-2,6,9,16H,3-5,7H2. The van der Waals surface area contributed by atoms with Crippen molar-refractivity contribution < 1.29 is 0 Å². The molecule has 0 saturated carbocycles. The second-order valence-electron chi connectivity index (χ2n) is 3.43. The van der Waals surface area contributed by atoms with Gasteiger partial charge in [-0.3, -0.25) is 0 Å². The molecule has 1 nitrogen and oxygen atoms in total. The molecular formula is C11H13Br2Cl2N. The summed E-state index contributed by atoms with van der Waals surface area (Å²) >= 11 is 18.9. The lowest BCUT2D eigenvalue weighted by molar-refractivity contribution is 0.696. The van der Waals surface area contributed by atoms with Crippen molar-refractivity contribution in [1.82, 2.24) is 5.32 Å². The Labute approximate surface area is 123 Å². The van der Waals surface area contributed by atoms with Crippen LogP contribution in [-0.2, 0) is 6.42 Å². The number of hydrogen-bond acceptors (Lipinski definition) is 1. The van der Waals surface area contributed by atoms with Gasteiger partial charge < -0.3 is 5.32 Å². The largest absolute Gasteiger partial charge is 0.315 e. The van der Waals surface area contributed by atoms with Gasteiger partial charge >= 0.3 is 0 Å². The maximum atomic E-state index is 6.10. The monoisotopic (exact) mass is 387 g/mol. The zero-order valence-corrected chi connectivity index (χ0v) is 13.3. The Kier molecular flexibility index (Phi) is 7.33. The van der Waals surface area contributed by atoms with Gasteiger partial charge in [0.25, 0.3) is 0 Å². The van der Waals surface area contributed by atoms with E-state index >= 15 is 0 Å². The number of halogens is 4. The van der Waals surface area contributed by atoms with Gasteiger partial charge in [-0.15, -0.1) is 0 Å². The van der Waals surface area contributed by atoms with Crippen molar-refractivity contribution >= 4 is 55.1 Å². The Morgan fingerprint density at radius 1 is 1.31 bits per heavy atom. The minimum absolute atomic E-state index is 0.380. The van der Waals surface area contributed by atoms with Gasteiger partial charge in [0.1, 0.15) is 0 Å². The lowest BCUT2D eigenvalue weighted by Gasteiger charge is -2.11. The Hall–Kier alpha value is 0.720. The molecule has 0 amide bonds. The van der Waals surface area contributed by atoms with Crippen LogP contribution >= 0.6 is 55.1 Å². The fraction of sp³-hybridized carbons (Fsp3) is 0.455. The molecular weight excluding hydrogens is 377 g/mol. The van der Waals surface area contributed by atoms with Crippen LogP contribution in [0.4, 0.5) is 0 Å². The van der Waals surface area contributed by atoms with Gasteiger partial charge in [0, 0.05) is 33.3 Å². The van der Waals surface area contributed by atoms with E-state index in [4.69, 9.17) is 23.2 Å². The molecule has 1 rings (SSSR count). The van der Waals surface area contributed by atoms with Crippen LogP contribution in [0.2, 0.25) is 10.0 Å². The third kappa shape index (κ3) is 5.37. The number of hydrogen-bond donors (Lipinski definition) is 1. The van der Waals surface area contributed by atoms with E-state index < -0.39 is 0 Å². The van der Waals surface area contributed by atoms with Crippen LogP contribution in [0.3, 0.4) is 0 Å². The molecule has 1 aromatic carbocycles. The van der Waals surface area contributed by atoms with E-state index in [0.717, 1.165) is 35.4 Å². The topological polar surface area (TPSA) is 12.0 Å². The smallest absolute Gasteiger partial charge is 0.0453 e. The molecule has 1 N–H and O–H groups in total. The summed E-state index contributed by atoms with van der Waals surface area (Å²) in [5, 5.41) is 5.70. The summed E-state index contributed by atoms with van der Waals surface area (Å²) < 4.78 is 0. The number of alkyl halides is 2. The van der Waals surface area contributed by atoms with Crippen molar-refractivity contribution in [3.63, 3.8) is 0 Å². The molecule has 0 saturated heterocycles. The molecule has 0 spiro atoms. The normalized spacial score (nSPS) is 12.8. The predicted octanol–water partition coefficient (Wildman–Crippen LogP) is 4.28. The van der Waals surface area contributed by atoms with E-state index in [1.165, 1.54) is 0 Å². The zero-order valence-electron chi connectivity index (χ0n) is 8.65. The molecule has 0 bridgehead atoms. The highest BCUT2D eigenvalue weighted by atomic mass is 79.9. The van der Waals surface area contributed by atoms with Gasteiger partial charge in [0.05, 0.1) is 0 Å². The van der Waals surface area contributed by atoms with Gasteiger partial charge in [-0.2, -0.15) is 0 Å². The Morgan fingerprint density at radius 3 is 2.69 bits per heavy atom. The SMILES string of the molecule is Clc1ccc(CC(Br)CNCCBr)c(Cl)c1. The first-order valence-electron chi connectivity index (χ1n) is 4.98. The molecule has 16 heavy (non-hydrogen) atoms. The van der Waals surface area contributed by atoms with E-state index in [2.05, 4.69) is 37.2 Å². The zero-order chi connectivity index (χ0) is 12.0. The molecule has 90 valence electrons. The summed E-state index contributed by atoms with van der Waals surface area (Å²) in [5.41, 5.74) is 1.12. The molecule has 0 radical (unpaired) electrons. The van der Waals surface area contributed by atoms with Crippen molar-refractivity contribution in [2.75, 3.05) is 18.4 Å². The average Bonchev–Trinajstić information content (AvgIpc) is 2.23. The van der Waals surface area contributed by atoms with Crippen LogP contribution in [0.5, 0.6) is 0 Å². The first kappa shape index (κ1) is 14.8. The van der Waals surface area contributed by atoms with Crippen molar-refractivity contribution in [2.24, 2.45) is 0 Å². The molecule has 0 heterocycles. The lowest BCUT2D eigenvalue weighted by atomic mass is 10.1. The predicted molar refractivity (Wildman–Crippen MR) is 79.5 cm³/mol. The number of benzene rings is 1. The van der Waals surface area contributed by atoms with Gasteiger partial charge in [-0.25, -0.2) is 0 Å². The molecule has 0 aliphatic rings. The van der Waals surface area contributed by atoms with Gasteiger partial charge in [-0.1, -0.05) is 61.1 Å². The summed E-state index contributed by atoms with van der Waals surface area (Å²) in [4.78, 5) is 0.380. The minimum atomic E-state index is 0.380. The molecule has 1 aromatic rings. The van der Waals surface area contributed by atoms with Crippen LogP contribution in [0.25, 0.3) is 0 Å². The third-order valence-corrected chi connectivity index (χ3v) is 3.72. The Balaban J connectivity index is 2.46. The maximum absolute atomic E-state index is 6.10. The lowest BCUT2D eigenvalue weighted by Crippen LogP contribution is -2.26. The van der Waals surface area contributed by atoms with Crippen molar-refractivity contribution in [1.29, 1.82) is 0 Å². The van der Waals surface area contributed by atoms with Gasteiger partial charge in [0.15, 0.2) is 0 Å². The highest BCUT2D eigenvalue weighted by molar-refractivity contribution is 9.09. The van der Waals surface area contributed by atoms with E-state index in [1.807, 2.05) is 12.1 Å². The number of nitrogens with one attached hydrogen (secondary N) is 1. The fourth-order valence-electron chi connectivity index (χ4n) is 1.32. The maximum Gasteiger partial charge on any atom is 0.0453 e. The molecule has 0 fully saturated rings. The molecule has 0 aliphatic heterocycles. The minimum Gasteiger partial charge on any atom is -0.315 e. The molecule has 5 heteroatoms. The summed E-state index contributed by atoms with van der Waals surface area (Å²) in [6.45, 7) is 1.89. The van der Waals surface area contributed by atoms with Crippen molar-refractivity contribution in [2.45, 2.75) is 11.2 Å². The summed E-state index contributed by atoms with van der Waals surface area (Å²) in [6, 6.07) is 5.63. The Morgan fingerprint density at radius 2 is 2.06 bits per heavy atom. The van der Waals surface area contributed by atoms with Gasteiger partial charge in [0.2, 0.25) is 0 Å². The first-order valence-corrected chi connectivity index (χ1v) is 7.77. The average molecular weight is 390 g/mol. The highest BCUT2D eigenvalue weighted by Crippen LogP contribution is 2.23. The molecule has 1 unspecified atom stereocenters. The summed E-state index contributed by atoms with van der Waals surface area (Å²) in [5.74, 6) is 0. The second kappa shape index (κ2) is 7.93. The molecule has 0 aromatic heterocycles. The van der Waals surface area contributed by atoms with Crippen LogP contribution in [0.1, 0.15) is 5.56 Å². The van der Waals surface area contributed by atoms with E-state index in [1.54, 1.807) is 6.07 Å². The van der Waals surface area contributed by atoms with Crippen molar-refractivity contribution in [3.8, 4) is 0 Å². The van der Waals surface area contributed by atoms with Gasteiger partial charge in [-0.05, 0) is 24.1 Å². The second-order valence-corrected chi connectivity index (χ2v) is 6.36. The van der Waals surface area contributed by atoms with Crippen LogP contribution in [0, 0.1) is 0 Å². The van der Waals surface area contributed by atoms with E-state index in [0.29, 0.717) is 9.85 Å².